The molecule has 0 radical (unpaired) electrons. The van der Waals surface area contributed by atoms with E-state index in [-0.39, 0.29) is 10.4 Å². The molecule has 0 saturated heterocycles. The molecule has 6 nitrogen and oxygen atoms in total. The number of pyridine rings is 1. The first-order chi connectivity index (χ1) is 9.37. The van der Waals surface area contributed by atoms with Crippen LogP contribution in [0, 0.1) is 5.92 Å². The van der Waals surface area contributed by atoms with Crippen LogP contribution in [0.1, 0.15) is 32.6 Å². The number of primary sulfonamides is 1. The van der Waals surface area contributed by atoms with Gasteiger partial charge in [0.1, 0.15) is 10.7 Å². The molecule has 0 amide bonds. The fourth-order valence-corrected chi connectivity index (χ4v) is 3.29. The standard InChI is InChI=1S/C13H22N4O2S/c1-10-4-2-3-7-13(10,9-14)17-12-6-5-11(8-16-12)20(15,18)19/h5-6,8,10H,2-4,7,9,14H2,1H3,(H,16,17)(H2,15,18,19). The Labute approximate surface area is 120 Å². The molecule has 1 saturated carbocycles. The van der Waals surface area contributed by atoms with E-state index in [0.29, 0.717) is 18.3 Å². The monoisotopic (exact) mass is 298 g/mol. The third-order valence-corrected chi connectivity index (χ3v) is 5.16. The van der Waals surface area contributed by atoms with Crippen molar-refractivity contribution in [3.8, 4) is 0 Å². The second kappa shape index (κ2) is 5.67. The van der Waals surface area contributed by atoms with Crippen molar-refractivity contribution in [3.05, 3.63) is 18.3 Å². The highest BCUT2D eigenvalue weighted by atomic mass is 32.2. The van der Waals surface area contributed by atoms with E-state index in [0.717, 1.165) is 19.3 Å². The molecule has 0 aliphatic heterocycles. The van der Waals surface area contributed by atoms with Crippen molar-refractivity contribution in [2.75, 3.05) is 11.9 Å². The zero-order chi connectivity index (χ0) is 14.8. The first kappa shape index (κ1) is 15.2. The van der Waals surface area contributed by atoms with Gasteiger partial charge < -0.3 is 11.1 Å². The molecule has 1 aromatic heterocycles. The number of rotatable bonds is 4. The van der Waals surface area contributed by atoms with Gasteiger partial charge in [0.25, 0.3) is 0 Å². The number of hydrogen-bond acceptors (Lipinski definition) is 5. The van der Waals surface area contributed by atoms with Gasteiger partial charge in [-0.1, -0.05) is 19.8 Å². The van der Waals surface area contributed by atoms with Crippen LogP contribution in [-0.4, -0.2) is 25.5 Å². The minimum Gasteiger partial charge on any atom is -0.363 e. The van der Waals surface area contributed by atoms with E-state index >= 15 is 0 Å². The highest BCUT2D eigenvalue weighted by Gasteiger charge is 2.37. The summed E-state index contributed by atoms with van der Waals surface area (Å²) in [6.45, 7) is 2.73. The lowest BCUT2D eigenvalue weighted by molar-refractivity contribution is 0.235. The van der Waals surface area contributed by atoms with Gasteiger partial charge in [0.2, 0.25) is 10.0 Å². The van der Waals surface area contributed by atoms with Gasteiger partial charge in [-0.15, -0.1) is 0 Å². The van der Waals surface area contributed by atoms with Gasteiger partial charge in [0.15, 0.2) is 0 Å². The Bertz CT molecular complexity index is 558. The fraction of sp³-hybridized carbons (Fsp3) is 0.615. The molecule has 1 aliphatic carbocycles. The van der Waals surface area contributed by atoms with Crippen molar-refractivity contribution in [1.82, 2.24) is 4.98 Å². The first-order valence-electron chi connectivity index (χ1n) is 6.84. The highest BCUT2D eigenvalue weighted by molar-refractivity contribution is 7.89. The Balaban J connectivity index is 2.20. The smallest absolute Gasteiger partial charge is 0.239 e. The van der Waals surface area contributed by atoms with Gasteiger partial charge in [0.05, 0.1) is 5.54 Å². The molecule has 0 spiro atoms. The minimum absolute atomic E-state index is 0.0153. The SMILES string of the molecule is CC1CCCCC1(CN)Nc1ccc(S(N)(=O)=O)cn1. The van der Waals surface area contributed by atoms with Crippen molar-refractivity contribution in [2.24, 2.45) is 16.8 Å². The number of nitrogens with one attached hydrogen (secondary N) is 1. The molecule has 2 unspecified atom stereocenters. The number of nitrogens with zero attached hydrogens (tertiary/aromatic N) is 1. The van der Waals surface area contributed by atoms with Gasteiger partial charge in [-0.05, 0) is 30.9 Å². The maximum absolute atomic E-state index is 11.2. The molecule has 0 bridgehead atoms. The van der Waals surface area contributed by atoms with Gasteiger partial charge >= 0.3 is 0 Å². The Kier molecular flexibility index (Phi) is 4.31. The molecule has 1 heterocycles. The van der Waals surface area contributed by atoms with Crippen molar-refractivity contribution >= 4 is 15.8 Å². The quantitative estimate of drug-likeness (QED) is 0.769. The second-order valence-electron chi connectivity index (χ2n) is 5.56. The molecule has 2 rings (SSSR count). The van der Waals surface area contributed by atoms with Gasteiger partial charge in [-0.3, -0.25) is 0 Å². The van der Waals surface area contributed by atoms with Crippen LogP contribution in [0.3, 0.4) is 0 Å². The summed E-state index contributed by atoms with van der Waals surface area (Å²) in [4.78, 5) is 4.16. The number of hydrogen-bond donors (Lipinski definition) is 3. The maximum atomic E-state index is 11.2. The lowest BCUT2D eigenvalue weighted by Crippen LogP contribution is -2.52. The van der Waals surface area contributed by atoms with Gasteiger partial charge in [-0.2, -0.15) is 0 Å². The summed E-state index contributed by atoms with van der Waals surface area (Å²) >= 11 is 0. The summed E-state index contributed by atoms with van der Waals surface area (Å²) in [7, 11) is -3.70. The summed E-state index contributed by atoms with van der Waals surface area (Å²) in [5.74, 6) is 1.09. The van der Waals surface area contributed by atoms with Crippen LogP contribution < -0.4 is 16.2 Å². The van der Waals surface area contributed by atoms with E-state index in [1.807, 2.05) is 0 Å². The second-order valence-corrected chi connectivity index (χ2v) is 7.12. The zero-order valence-electron chi connectivity index (χ0n) is 11.7. The predicted octanol–water partition coefficient (Wildman–Crippen LogP) is 1.05. The third-order valence-electron chi connectivity index (χ3n) is 4.26. The van der Waals surface area contributed by atoms with Crippen molar-refractivity contribution in [2.45, 2.75) is 43.0 Å². The third kappa shape index (κ3) is 3.11. The van der Waals surface area contributed by atoms with Crippen LogP contribution in [0.5, 0.6) is 0 Å². The molecule has 112 valence electrons. The Hall–Kier alpha value is -1.18. The van der Waals surface area contributed by atoms with Crippen LogP contribution in [0.15, 0.2) is 23.2 Å². The highest BCUT2D eigenvalue weighted by Crippen LogP contribution is 2.35. The average Bonchev–Trinajstić information content (AvgIpc) is 2.41. The molecule has 5 N–H and O–H groups in total. The topological polar surface area (TPSA) is 111 Å². The van der Waals surface area contributed by atoms with Crippen LogP contribution in [0.4, 0.5) is 5.82 Å². The van der Waals surface area contributed by atoms with Crippen LogP contribution in [-0.2, 0) is 10.0 Å². The molecule has 1 fully saturated rings. The van der Waals surface area contributed by atoms with Crippen molar-refractivity contribution < 1.29 is 8.42 Å². The molecule has 2 atom stereocenters. The van der Waals surface area contributed by atoms with E-state index in [2.05, 4.69) is 17.2 Å². The Morgan fingerprint density at radius 3 is 2.70 bits per heavy atom. The zero-order valence-corrected chi connectivity index (χ0v) is 12.5. The van der Waals surface area contributed by atoms with Crippen molar-refractivity contribution in [3.63, 3.8) is 0 Å². The number of aromatic nitrogens is 1. The largest absolute Gasteiger partial charge is 0.363 e. The van der Waals surface area contributed by atoms with Gasteiger partial charge in [-0.25, -0.2) is 18.5 Å². The molecular formula is C13H22N4O2S. The summed E-state index contributed by atoms with van der Waals surface area (Å²) in [5.41, 5.74) is 5.81. The lowest BCUT2D eigenvalue weighted by Gasteiger charge is -2.43. The van der Waals surface area contributed by atoms with E-state index in [4.69, 9.17) is 10.9 Å². The van der Waals surface area contributed by atoms with Crippen LogP contribution in [0.2, 0.25) is 0 Å². The molecule has 1 aliphatic rings. The predicted molar refractivity (Wildman–Crippen MR) is 78.7 cm³/mol. The number of nitrogens with two attached hydrogens (primary N) is 2. The van der Waals surface area contributed by atoms with E-state index in [1.54, 1.807) is 6.07 Å². The lowest BCUT2D eigenvalue weighted by atomic mass is 9.73. The summed E-state index contributed by atoms with van der Waals surface area (Å²) < 4.78 is 22.4. The van der Waals surface area contributed by atoms with E-state index < -0.39 is 10.0 Å². The molecule has 20 heavy (non-hydrogen) atoms. The Morgan fingerprint density at radius 1 is 1.45 bits per heavy atom. The number of anilines is 1. The summed E-state index contributed by atoms with van der Waals surface area (Å²) in [5, 5.41) is 8.46. The van der Waals surface area contributed by atoms with Crippen LogP contribution in [0.25, 0.3) is 0 Å². The first-order valence-corrected chi connectivity index (χ1v) is 8.39. The molecule has 0 aromatic carbocycles. The Morgan fingerprint density at radius 2 is 2.20 bits per heavy atom. The maximum Gasteiger partial charge on any atom is 0.239 e. The molecule has 7 heteroatoms. The normalized spacial score (nSPS) is 27.2. The molecular weight excluding hydrogens is 276 g/mol. The summed E-state index contributed by atoms with van der Waals surface area (Å²) in [6.07, 6.45) is 5.78. The van der Waals surface area contributed by atoms with Crippen LogP contribution >= 0.6 is 0 Å². The molecule has 1 aromatic rings. The minimum atomic E-state index is -3.70. The summed E-state index contributed by atoms with van der Waals surface area (Å²) in [6, 6.07) is 3.10. The van der Waals surface area contributed by atoms with E-state index in [1.165, 1.54) is 18.7 Å². The average molecular weight is 298 g/mol. The number of sulfonamides is 1. The van der Waals surface area contributed by atoms with Crippen molar-refractivity contribution in [1.29, 1.82) is 0 Å². The van der Waals surface area contributed by atoms with E-state index in [9.17, 15) is 8.42 Å². The fourth-order valence-electron chi connectivity index (χ4n) is 2.83. The van der Waals surface area contributed by atoms with Gasteiger partial charge in [0, 0.05) is 12.7 Å².